The SMILES string of the molecule is O=C(NCc1ccc(-n2ccnc2)nc1)C1CCN(C(=O)c2cccs2)CC1. The molecular weight excluding hydrogens is 374 g/mol. The van der Waals surface area contributed by atoms with Gasteiger partial charge in [-0.15, -0.1) is 11.3 Å². The maximum absolute atomic E-state index is 12.5. The van der Waals surface area contributed by atoms with Crippen molar-refractivity contribution in [3.05, 3.63) is 65.0 Å². The monoisotopic (exact) mass is 395 g/mol. The zero-order valence-electron chi connectivity index (χ0n) is 15.3. The van der Waals surface area contributed by atoms with Crippen LogP contribution in [0.4, 0.5) is 0 Å². The van der Waals surface area contributed by atoms with Crippen LogP contribution in [-0.4, -0.2) is 44.3 Å². The van der Waals surface area contributed by atoms with Crippen molar-refractivity contribution in [3.63, 3.8) is 0 Å². The van der Waals surface area contributed by atoms with Crippen LogP contribution >= 0.6 is 11.3 Å². The summed E-state index contributed by atoms with van der Waals surface area (Å²) in [5.74, 6) is 0.848. The number of nitrogens with one attached hydrogen (secondary N) is 1. The molecule has 0 aromatic carbocycles. The highest BCUT2D eigenvalue weighted by Gasteiger charge is 2.27. The van der Waals surface area contributed by atoms with Gasteiger partial charge in [0.05, 0.1) is 4.88 Å². The molecule has 4 rings (SSSR count). The summed E-state index contributed by atoms with van der Waals surface area (Å²) in [5, 5.41) is 4.90. The van der Waals surface area contributed by atoms with E-state index >= 15 is 0 Å². The van der Waals surface area contributed by atoms with Crippen LogP contribution in [0.5, 0.6) is 0 Å². The fourth-order valence-electron chi connectivity index (χ4n) is 3.30. The molecule has 28 heavy (non-hydrogen) atoms. The maximum Gasteiger partial charge on any atom is 0.263 e. The van der Waals surface area contributed by atoms with Gasteiger partial charge in [-0.2, -0.15) is 0 Å². The molecule has 8 heteroatoms. The molecule has 0 radical (unpaired) electrons. The molecule has 0 spiro atoms. The predicted molar refractivity (Wildman–Crippen MR) is 106 cm³/mol. The van der Waals surface area contributed by atoms with E-state index in [0.29, 0.717) is 32.5 Å². The number of nitrogens with zero attached hydrogens (tertiary/aromatic N) is 4. The lowest BCUT2D eigenvalue weighted by Crippen LogP contribution is -2.42. The van der Waals surface area contributed by atoms with Crippen molar-refractivity contribution in [3.8, 4) is 5.82 Å². The summed E-state index contributed by atoms with van der Waals surface area (Å²) < 4.78 is 1.83. The number of carbonyl (C=O) groups is 2. The number of amides is 2. The molecule has 1 fully saturated rings. The van der Waals surface area contributed by atoms with E-state index in [0.717, 1.165) is 16.3 Å². The molecule has 0 atom stereocenters. The van der Waals surface area contributed by atoms with Crippen molar-refractivity contribution in [2.45, 2.75) is 19.4 Å². The minimum absolute atomic E-state index is 0.0434. The number of thiophene rings is 1. The maximum atomic E-state index is 12.5. The lowest BCUT2D eigenvalue weighted by atomic mass is 9.95. The summed E-state index contributed by atoms with van der Waals surface area (Å²) in [6, 6.07) is 7.58. The van der Waals surface area contributed by atoms with E-state index in [9.17, 15) is 9.59 Å². The van der Waals surface area contributed by atoms with E-state index in [-0.39, 0.29) is 17.7 Å². The first kappa shape index (κ1) is 18.4. The number of likely N-dealkylation sites (tertiary alicyclic amines) is 1. The topological polar surface area (TPSA) is 80.1 Å². The van der Waals surface area contributed by atoms with Crippen LogP contribution < -0.4 is 5.32 Å². The Hall–Kier alpha value is -3.00. The van der Waals surface area contributed by atoms with Gasteiger partial charge in [-0.3, -0.25) is 14.2 Å². The van der Waals surface area contributed by atoms with Crippen LogP contribution in [0.2, 0.25) is 0 Å². The summed E-state index contributed by atoms with van der Waals surface area (Å²) >= 11 is 1.46. The smallest absolute Gasteiger partial charge is 0.263 e. The molecule has 0 bridgehead atoms. The summed E-state index contributed by atoms with van der Waals surface area (Å²) in [4.78, 5) is 35.9. The first-order chi connectivity index (χ1) is 13.7. The van der Waals surface area contributed by atoms with Crippen LogP contribution in [0.15, 0.2) is 54.6 Å². The number of hydrogen-bond acceptors (Lipinski definition) is 5. The number of carbonyl (C=O) groups excluding carboxylic acids is 2. The standard InChI is InChI=1S/C20H21N5O2S/c26-19(16-5-8-24(9-6-16)20(27)17-2-1-11-28-17)23-13-15-3-4-18(22-12-15)25-10-7-21-14-25/h1-4,7,10-12,14,16H,5-6,8-9,13H2,(H,23,26). The molecule has 0 aliphatic carbocycles. The molecule has 1 aliphatic rings. The minimum Gasteiger partial charge on any atom is -0.352 e. The first-order valence-corrected chi connectivity index (χ1v) is 10.1. The number of imidazole rings is 1. The van der Waals surface area contributed by atoms with Gasteiger partial charge in [0.1, 0.15) is 12.1 Å². The lowest BCUT2D eigenvalue weighted by molar-refractivity contribution is -0.126. The number of piperidine rings is 1. The molecule has 0 saturated carbocycles. The Labute approximate surface area is 167 Å². The molecule has 1 N–H and O–H groups in total. The van der Waals surface area contributed by atoms with Gasteiger partial charge in [0.25, 0.3) is 5.91 Å². The fourth-order valence-corrected chi connectivity index (χ4v) is 3.99. The summed E-state index contributed by atoms with van der Waals surface area (Å²) in [7, 11) is 0. The van der Waals surface area contributed by atoms with Crippen LogP contribution in [0.1, 0.15) is 28.1 Å². The molecule has 4 heterocycles. The second kappa shape index (κ2) is 8.35. The van der Waals surface area contributed by atoms with Gasteiger partial charge in [0.15, 0.2) is 0 Å². The van der Waals surface area contributed by atoms with Crippen LogP contribution in [0.25, 0.3) is 5.82 Å². The zero-order valence-corrected chi connectivity index (χ0v) is 16.1. The van der Waals surface area contributed by atoms with Crippen LogP contribution in [0.3, 0.4) is 0 Å². The fraction of sp³-hybridized carbons (Fsp3) is 0.300. The summed E-state index contributed by atoms with van der Waals surface area (Å²) in [6.45, 7) is 1.69. The Kier molecular flexibility index (Phi) is 5.48. The van der Waals surface area contributed by atoms with Gasteiger partial charge >= 0.3 is 0 Å². The average Bonchev–Trinajstić information content (AvgIpc) is 3.46. The Bertz CT molecular complexity index is 914. The third-order valence-electron chi connectivity index (χ3n) is 4.93. The average molecular weight is 395 g/mol. The van der Waals surface area contributed by atoms with E-state index < -0.39 is 0 Å². The lowest BCUT2D eigenvalue weighted by Gasteiger charge is -2.31. The second-order valence-corrected chi connectivity index (χ2v) is 7.70. The molecule has 1 saturated heterocycles. The molecule has 3 aromatic rings. The third kappa shape index (κ3) is 4.12. The highest BCUT2D eigenvalue weighted by molar-refractivity contribution is 7.12. The predicted octanol–water partition coefficient (Wildman–Crippen LogP) is 2.50. The quantitative estimate of drug-likeness (QED) is 0.720. The van der Waals surface area contributed by atoms with E-state index in [1.54, 1.807) is 18.7 Å². The number of aromatic nitrogens is 3. The summed E-state index contributed by atoms with van der Waals surface area (Å²) in [5.41, 5.74) is 0.947. The van der Waals surface area contributed by atoms with Gasteiger partial charge in [-0.1, -0.05) is 12.1 Å². The van der Waals surface area contributed by atoms with Gasteiger partial charge in [-0.25, -0.2) is 9.97 Å². The van der Waals surface area contributed by atoms with Crippen molar-refractivity contribution in [1.29, 1.82) is 0 Å². The third-order valence-corrected chi connectivity index (χ3v) is 5.79. The van der Waals surface area contributed by atoms with E-state index in [1.807, 2.05) is 45.3 Å². The molecular formula is C20H21N5O2S. The van der Waals surface area contributed by atoms with Crippen molar-refractivity contribution in [1.82, 2.24) is 24.8 Å². The van der Waals surface area contributed by atoms with E-state index in [4.69, 9.17) is 0 Å². The van der Waals surface area contributed by atoms with Gasteiger partial charge in [0.2, 0.25) is 5.91 Å². The first-order valence-electron chi connectivity index (χ1n) is 9.24. The number of rotatable bonds is 5. The zero-order chi connectivity index (χ0) is 19.3. The van der Waals surface area contributed by atoms with Gasteiger partial charge < -0.3 is 10.2 Å². The molecule has 7 nitrogen and oxygen atoms in total. The highest BCUT2D eigenvalue weighted by Crippen LogP contribution is 2.21. The molecule has 3 aromatic heterocycles. The second-order valence-electron chi connectivity index (χ2n) is 6.76. The minimum atomic E-state index is -0.0504. The Balaban J connectivity index is 1.25. The normalized spacial score (nSPS) is 14.8. The van der Waals surface area contributed by atoms with Gasteiger partial charge in [0, 0.05) is 44.1 Å². The largest absolute Gasteiger partial charge is 0.352 e. The van der Waals surface area contributed by atoms with E-state index in [1.165, 1.54) is 11.3 Å². The van der Waals surface area contributed by atoms with Crippen molar-refractivity contribution < 1.29 is 9.59 Å². The molecule has 2 amide bonds. The summed E-state index contributed by atoms with van der Waals surface area (Å²) in [6.07, 6.45) is 8.38. The Morgan fingerprint density at radius 1 is 1.21 bits per heavy atom. The van der Waals surface area contributed by atoms with Crippen LogP contribution in [0, 0.1) is 5.92 Å². The highest BCUT2D eigenvalue weighted by atomic mass is 32.1. The Morgan fingerprint density at radius 2 is 2.07 bits per heavy atom. The molecule has 144 valence electrons. The van der Waals surface area contributed by atoms with Crippen LogP contribution in [-0.2, 0) is 11.3 Å². The van der Waals surface area contributed by atoms with Crippen molar-refractivity contribution in [2.24, 2.45) is 5.92 Å². The molecule has 0 unspecified atom stereocenters. The van der Waals surface area contributed by atoms with E-state index in [2.05, 4.69) is 15.3 Å². The number of pyridine rings is 1. The van der Waals surface area contributed by atoms with Crippen molar-refractivity contribution in [2.75, 3.05) is 13.1 Å². The van der Waals surface area contributed by atoms with Crippen molar-refractivity contribution >= 4 is 23.2 Å². The van der Waals surface area contributed by atoms with Gasteiger partial charge in [-0.05, 0) is 35.9 Å². The Morgan fingerprint density at radius 3 is 2.71 bits per heavy atom. The number of hydrogen-bond donors (Lipinski definition) is 1. The molecule has 1 aliphatic heterocycles.